The zero-order valence-electron chi connectivity index (χ0n) is 10.2. The minimum Gasteiger partial charge on any atom is -0.367 e. The van der Waals surface area contributed by atoms with E-state index in [9.17, 15) is 0 Å². The highest BCUT2D eigenvalue weighted by Crippen LogP contribution is 2.33. The number of nitrogens with zero attached hydrogens (tertiary/aromatic N) is 1. The van der Waals surface area contributed by atoms with E-state index in [1.165, 1.54) is 0 Å². The molecule has 0 aliphatic rings. The largest absolute Gasteiger partial charge is 0.367 e. The van der Waals surface area contributed by atoms with E-state index in [2.05, 4.69) is 41.6 Å². The van der Waals surface area contributed by atoms with Crippen LogP contribution < -0.4 is 5.73 Å². The van der Waals surface area contributed by atoms with Crippen LogP contribution in [0, 0.1) is 9.49 Å². The van der Waals surface area contributed by atoms with Crippen LogP contribution in [0.3, 0.4) is 0 Å². The van der Waals surface area contributed by atoms with Crippen molar-refractivity contribution in [3.05, 3.63) is 32.4 Å². The Bertz CT molecular complexity index is 566. The van der Waals surface area contributed by atoms with Gasteiger partial charge in [0.2, 0.25) is 5.88 Å². The summed E-state index contributed by atoms with van der Waals surface area (Å²) >= 11 is 8.30. The molecule has 2 rings (SSSR count). The van der Waals surface area contributed by atoms with E-state index in [1.54, 1.807) is 0 Å². The summed E-state index contributed by atoms with van der Waals surface area (Å²) in [7, 11) is 0. The fraction of sp³-hybridized carbons (Fsp3) is 0.308. The maximum Gasteiger partial charge on any atom is 0.225 e. The topological polar surface area (TPSA) is 52.0 Å². The van der Waals surface area contributed by atoms with Crippen molar-refractivity contribution in [2.45, 2.75) is 20.3 Å². The predicted molar refractivity (Wildman–Crippen MR) is 82.6 cm³/mol. The molecule has 5 heteroatoms. The highest BCUT2D eigenvalue weighted by Gasteiger charge is 2.18. The average molecular weight is 377 g/mol. The minimum atomic E-state index is 0.398. The van der Waals surface area contributed by atoms with Gasteiger partial charge < -0.3 is 10.3 Å². The van der Waals surface area contributed by atoms with Gasteiger partial charge >= 0.3 is 0 Å². The molecule has 1 aromatic carbocycles. The van der Waals surface area contributed by atoms with Gasteiger partial charge in [-0.25, -0.2) is 0 Å². The van der Waals surface area contributed by atoms with E-state index in [0.717, 1.165) is 26.8 Å². The Morgan fingerprint density at radius 1 is 1.44 bits per heavy atom. The summed E-state index contributed by atoms with van der Waals surface area (Å²) < 4.78 is 6.21. The number of halogens is 2. The number of hydrogen-bond acceptors (Lipinski definition) is 3. The molecule has 0 atom stereocenters. The summed E-state index contributed by atoms with van der Waals surface area (Å²) in [4.78, 5) is 0. The van der Waals surface area contributed by atoms with E-state index in [-0.39, 0.29) is 0 Å². The number of nitrogen functional groups attached to an aromatic ring is 1. The molecule has 0 radical (unpaired) electrons. The molecule has 0 unspecified atom stereocenters. The molecule has 0 aliphatic heterocycles. The molecular formula is C13H14ClIN2O. The van der Waals surface area contributed by atoms with Crippen LogP contribution >= 0.6 is 34.2 Å². The van der Waals surface area contributed by atoms with Crippen molar-refractivity contribution in [3.63, 3.8) is 0 Å². The molecule has 0 bridgehead atoms. The van der Waals surface area contributed by atoms with Crippen molar-refractivity contribution < 1.29 is 4.52 Å². The SMILES string of the molecule is CC(C)Cc1c(-c2cc(Cl)ccc2I)noc1N. The molecule has 18 heavy (non-hydrogen) atoms. The first-order valence-corrected chi connectivity index (χ1v) is 7.14. The van der Waals surface area contributed by atoms with Crippen molar-refractivity contribution in [3.8, 4) is 11.3 Å². The quantitative estimate of drug-likeness (QED) is 0.809. The lowest BCUT2D eigenvalue weighted by Crippen LogP contribution is -1.99. The fourth-order valence-corrected chi connectivity index (χ4v) is 2.58. The maximum atomic E-state index is 6.04. The molecule has 0 saturated carbocycles. The highest BCUT2D eigenvalue weighted by molar-refractivity contribution is 14.1. The Hall–Kier alpha value is -0.750. The third-order valence-electron chi connectivity index (χ3n) is 2.61. The lowest BCUT2D eigenvalue weighted by atomic mass is 9.99. The second-order valence-corrected chi connectivity index (χ2v) is 6.19. The Balaban J connectivity index is 2.53. The number of hydrogen-bond donors (Lipinski definition) is 1. The minimum absolute atomic E-state index is 0.398. The van der Waals surface area contributed by atoms with Crippen molar-refractivity contribution in [1.29, 1.82) is 0 Å². The van der Waals surface area contributed by atoms with Crippen molar-refractivity contribution >= 4 is 40.1 Å². The van der Waals surface area contributed by atoms with Gasteiger partial charge in [-0.3, -0.25) is 0 Å². The predicted octanol–water partition coefficient (Wildman–Crippen LogP) is 4.38. The van der Waals surface area contributed by atoms with E-state index in [4.69, 9.17) is 21.9 Å². The molecule has 2 N–H and O–H groups in total. The first-order chi connectivity index (χ1) is 8.49. The Morgan fingerprint density at radius 2 is 2.17 bits per heavy atom. The van der Waals surface area contributed by atoms with Crippen molar-refractivity contribution in [1.82, 2.24) is 5.16 Å². The normalized spacial score (nSPS) is 11.2. The van der Waals surface area contributed by atoms with Gasteiger partial charge in [-0.1, -0.05) is 30.6 Å². The van der Waals surface area contributed by atoms with E-state index in [1.807, 2.05) is 18.2 Å². The lowest BCUT2D eigenvalue weighted by molar-refractivity contribution is 0.438. The fourth-order valence-electron chi connectivity index (χ4n) is 1.82. The second kappa shape index (κ2) is 5.48. The van der Waals surface area contributed by atoms with Gasteiger partial charge in [-0.15, -0.1) is 0 Å². The molecule has 0 saturated heterocycles. The standard InChI is InChI=1S/C13H14ClIN2O/c1-7(2)5-10-12(17-18-13(10)16)9-6-8(14)3-4-11(9)15/h3-4,6-7H,5,16H2,1-2H3. The first-order valence-electron chi connectivity index (χ1n) is 5.68. The zero-order chi connectivity index (χ0) is 13.3. The van der Waals surface area contributed by atoms with Crippen molar-refractivity contribution in [2.75, 3.05) is 5.73 Å². The number of rotatable bonds is 3. The van der Waals surface area contributed by atoms with E-state index >= 15 is 0 Å². The lowest BCUT2D eigenvalue weighted by Gasteiger charge is -2.07. The second-order valence-electron chi connectivity index (χ2n) is 4.60. The molecule has 1 heterocycles. The number of benzene rings is 1. The molecule has 3 nitrogen and oxygen atoms in total. The van der Waals surface area contributed by atoms with Gasteiger partial charge in [0.05, 0.1) is 0 Å². The maximum absolute atomic E-state index is 6.04. The average Bonchev–Trinajstić information content (AvgIpc) is 2.64. The summed E-state index contributed by atoms with van der Waals surface area (Å²) in [6, 6.07) is 5.71. The van der Waals surface area contributed by atoms with Crippen LogP contribution in [0.25, 0.3) is 11.3 Å². The highest BCUT2D eigenvalue weighted by atomic mass is 127. The third-order valence-corrected chi connectivity index (χ3v) is 3.79. The van der Waals surface area contributed by atoms with Gasteiger partial charge in [0, 0.05) is 19.7 Å². The molecule has 1 aromatic heterocycles. The van der Waals surface area contributed by atoms with Crippen LogP contribution in [0.1, 0.15) is 19.4 Å². The molecule has 96 valence electrons. The van der Waals surface area contributed by atoms with Gasteiger partial charge in [0.15, 0.2) is 0 Å². The van der Waals surface area contributed by atoms with Crippen LogP contribution in [0.5, 0.6) is 0 Å². The van der Waals surface area contributed by atoms with Gasteiger partial charge in [-0.2, -0.15) is 0 Å². The molecular weight excluding hydrogens is 363 g/mol. The van der Waals surface area contributed by atoms with Gasteiger partial charge in [0.1, 0.15) is 5.69 Å². The van der Waals surface area contributed by atoms with Crippen LogP contribution in [0.15, 0.2) is 22.7 Å². The summed E-state index contributed by atoms with van der Waals surface area (Å²) in [5, 5.41) is 4.76. The molecule has 0 spiro atoms. The summed E-state index contributed by atoms with van der Waals surface area (Å²) in [6.07, 6.45) is 0.841. The van der Waals surface area contributed by atoms with Gasteiger partial charge in [-0.05, 0) is 53.1 Å². The van der Waals surface area contributed by atoms with Crippen LogP contribution in [-0.4, -0.2) is 5.16 Å². The summed E-state index contributed by atoms with van der Waals surface area (Å²) in [5.41, 5.74) is 8.58. The van der Waals surface area contributed by atoms with Crippen LogP contribution in [0.4, 0.5) is 5.88 Å². The summed E-state index contributed by atoms with van der Waals surface area (Å²) in [5.74, 6) is 0.886. The monoisotopic (exact) mass is 376 g/mol. The van der Waals surface area contributed by atoms with Gasteiger partial charge in [0.25, 0.3) is 0 Å². The number of anilines is 1. The Labute approximate surface area is 125 Å². The molecule has 0 aliphatic carbocycles. The van der Waals surface area contributed by atoms with Crippen LogP contribution in [-0.2, 0) is 6.42 Å². The first kappa shape index (κ1) is 13.7. The van der Waals surface area contributed by atoms with Crippen molar-refractivity contribution in [2.24, 2.45) is 5.92 Å². The summed E-state index contributed by atoms with van der Waals surface area (Å²) in [6.45, 7) is 4.28. The third kappa shape index (κ3) is 2.80. The van der Waals surface area contributed by atoms with E-state index < -0.39 is 0 Å². The Morgan fingerprint density at radius 3 is 2.83 bits per heavy atom. The number of aromatic nitrogens is 1. The zero-order valence-corrected chi connectivity index (χ0v) is 13.1. The Kier molecular flexibility index (Phi) is 4.17. The van der Waals surface area contributed by atoms with Crippen LogP contribution in [0.2, 0.25) is 5.02 Å². The number of nitrogens with two attached hydrogens (primary N) is 1. The smallest absolute Gasteiger partial charge is 0.225 e. The molecule has 0 amide bonds. The molecule has 0 fully saturated rings. The van der Waals surface area contributed by atoms with E-state index in [0.29, 0.717) is 16.8 Å². The molecule has 2 aromatic rings.